The first-order valence-electron chi connectivity index (χ1n) is 8.03. The lowest BCUT2D eigenvalue weighted by molar-refractivity contribution is -0.120. The van der Waals surface area contributed by atoms with Crippen molar-refractivity contribution in [3.05, 3.63) is 64.1 Å². The second kappa shape index (κ2) is 9.12. The van der Waals surface area contributed by atoms with Crippen molar-refractivity contribution in [2.75, 3.05) is 20.6 Å². The molecule has 2 N–H and O–H groups in total. The normalized spacial score (nSPS) is 11.3. The molecule has 2 aromatic carbocycles. The van der Waals surface area contributed by atoms with Crippen LogP contribution >= 0.6 is 15.9 Å². The lowest BCUT2D eigenvalue weighted by Gasteiger charge is -2.15. The van der Waals surface area contributed by atoms with Crippen LogP contribution in [0.5, 0.6) is 0 Å². The molecule has 2 amide bonds. The van der Waals surface area contributed by atoms with Gasteiger partial charge in [-0.25, -0.2) is 12.7 Å². The molecule has 0 heterocycles. The first kappa shape index (κ1) is 21.1. The van der Waals surface area contributed by atoms with E-state index >= 15 is 0 Å². The number of hydrogen-bond acceptors (Lipinski definition) is 4. The molecule has 7 nitrogen and oxygen atoms in total. The van der Waals surface area contributed by atoms with Crippen LogP contribution in [0.2, 0.25) is 0 Å². The van der Waals surface area contributed by atoms with Gasteiger partial charge < -0.3 is 10.6 Å². The predicted octanol–water partition coefficient (Wildman–Crippen LogP) is 1.75. The number of rotatable bonds is 7. The third-order valence-electron chi connectivity index (χ3n) is 3.74. The van der Waals surface area contributed by atoms with Crippen LogP contribution in [0.15, 0.2) is 57.9 Å². The molecule has 144 valence electrons. The predicted molar refractivity (Wildman–Crippen MR) is 106 cm³/mol. The van der Waals surface area contributed by atoms with Gasteiger partial charge in [0.15, 0.2) is 0 Å². The van der Waals surface area contributed by atoms with Crippen molar-refractivity contribution in [2.24, 2.45) is 0 Å². The van der Waals surface area contributed by atoms with Crippen molar-refractivity contribution < 1.29 is 18.0 Å². The fourth-order valence-corrected chi connectivity index (χ4v) is 3.84. The molecule has 2 rings (SSSR count). The van der Waals surface area contributed by atoms with Gasteiger partial charge in [-0.15, -0.1) is 0 Å². The maximum absolute atomic E-state index is 12.4. The van der Waals surface area contributed by atoms with Crippen LogP contribution in [0.4, 0.5) is 0 Å². The molecule has 0 atom stereocenters. The van der Waals surface area contributed by atoms with E-state index in [9.17, 15) is 18.0 Å². The van der Waals surface area contributed by atoms with E-state index in [-0.39, 0.29) is 23.9 Å². The standard InChI is InChI=1S/C18H20BrN3O4S/c1-22(2)27(25,26)16-10-6-3-7-13(16)11-20-17(23)12-21-18(24)14-8-4-5-9-15(14)19/h3-10H,11-12H2,1-2H3,(H,20,23)(H,21,24). The Morgan fingerprint density at radius 1 is 1.00 bits per heavy atom. The molecule has 0 aliphatic heterocycles. The number of nitrogens with zero attached hydrogens (tertiary/aromatic N) is 1. The van der Waals surface area contributed by atoms with Gasteiger partial charge in [0.05, 0.1) is 17.0 Å². The minimum absolute atomic E-state index is 0.0347. The molecular weight excluding hydrogens is 434 g/mol. The second-order valence-corrected chi connectivity index (χ2v) is 8.81. The first-order valence-corrected chi connectivity index (χ1v) is 10.3. The summed E-state index contributed by atoms with van der Waals surface area (Å²) in [6.07, 6.45) is 0. The van der Waals surface area contributed by atoms with E-state index in [1.54, 1.807) is 42.5 Å². The zero-order valence-corrected chi connectivity index (χ0v) is 17.3. The average Bonchev–Trinajstić information content (AvgIpc) is 2.64. The molecule has 0 fully saturated rings. The smallest absolute Gasteiger partial charge is 0.252 e. The number of carbonyl (C=O) groups is 2. The zero-order chi connectivity index (χ0) is 20.0. The van der Waals surface area contributed by atoms with E-state index < -0.39 is 15.9 Å². The van der Waals surface area contributed by atoms with Gasteiger partial charge in [0, 0.05) is 25.1 Å². The maximum Gasteiger partial charge on any atom is 0.252 e. The number of halogens is 1. The van der Waals surface area contributed by atoms with Crippen LogP contribution in [0, 0.1) is 0 Å². The third kappa shape index (κ3) is 5.38. The summed E-state index contributed by atoms with van der Waals surface area (Å²) >= 11 is 3.28. The molecule has 2 aromatic rings. The SMILES string of the molecule is CN(C)S(=O)(=O)c1ccccc1CNC(=O)CNC(=O)c1ccccc1Br. The molecule has 0 spiro atoms. The van der Waals surface area contributed by atoms with Crippen molar-refractivity contribution in [3.8, 4) is 0 Å². The Morgan fingerprint density at radius 2 is 1.63 bits per heavy atom. The topological polar surface area (TPSA) is 95.6 Å². The minimum Gasteiger partial charge on any atom is -0.350 e. The van der Waals surface area contributed by atoms with Crippen LogP contribution in [0.3, 0.4) is 0 Å². The summed E-state index contributed by atoms with van der Waals surface area (Å²) in [5.74, 6) is -0.805. The lowest BCUT2D eigenvalue weighted by Crippen LogP contribution is -2.37. The number of benzene rings is 2. The van der Waals surface area contributed by atoms with E-state index in [1.807, 2.05) is 0 Å². The highest BCUT2D eigenvalue weighted by Gasteiger charge is 2.20. The van der Waals surface area contributed by atoms with Crippen LogP contribution in [-0.2, 0) is 21.4 Å². The Bertz CT molecular complexity index is 945. The number of nitrogens with one attached hydrogen (secondary N) is 2. The number of sulfonamides is 1. The molecule has 27 heavy (non-hydrogen) atoms. The van der Waals surface area contributed by atoms with Crippen LogP contribution < -0.4 is 10.6 Å². The van der Waals surface area contributed by atoms with Crippen molar-refractivity contribution >= 4 is 37.8 Å². The van der Waals surface area contributed by atoms with Gasteiger partial charge >= 0.3 is 0 Å². The molecule has 0 aliphatic rings. The summed E-state index contributed by atoms with van der Waals surface area (Å²) < 4.78 is 26.5. The highest BCUT2D eigenvalue weighted by molar-refractivity contribution is 9.10. The summed E-state index contributed by atoms with van der Waals surface area (Å²) in [7, 11) is -0.722. The number of amides is 2. The quantitative estimate of drug-likeness (QED) is 0.667. The fraction of sp³-hybridized carbons (Fsp3) is 0.222. The molecular formula is C18H20BrN3O4S. The number of carbonyl (C=O) groups excluding carboxylic acids is 2. The fourth-order valence-electron chi connectivity index (χ4n) is 2.26. The zero-order valence-electron chi connectivity index (χ0n) is 14.9. The van der Waals surface area contributed by atoms with Gasteiger partial charge in [-0.2, -0.15) is 0 Å². The summed E-state index contributed by atoms with van der Waals surface area (Å²) in [4.78, 5) is 24.3. The van der Waals surface area contributed by atoms with Crippen LogP contribution in [-0.4, -0.2) is 45.2 Å². The average molecular weight is 454 g/mol. The Morgan fingerprint density at radius 3 is 2.30 bits per heavy atom. The molecule has 0 aliphatic carbocycles. The minimum atomic E-state index is -3.61. The van der Waals surface area contributed by atoms with Crippen molar-refractivity contribution in [1.29, 1.82) is 0 Å². The van der Waals surface area contributed by atoms with Crippen LogP contribution in [0.25, 0.3) is 0 Å². The van der Waals surface area contributed by atoms with Gasteiger partial charge in [0.2, 0.25) is 15.9 Å². The third-order valence-corrected chi connectivity index (χ3v) is 6.34. The Balaban J connectivity index is 1.97. The van der Waals surface area contributed by atoms with Gasteiger partial charge in [0.25, 0.3) is 5.91 Å². The van der Waals surface area contributed by atoms with Crippen LogP contribution in [0.1, 0.15) is 15.9 Å². The van der Waals surface area contributed by atoms with E-state index in [4.69, 9.17) is 0 Å². The molecule has 0 aromatic heterocycles. The Labute approximate surface area is 166 Å². The van der Waals surface area contributed by atoms with E-state index in [0.29, 0.717) is 15.6 Å². The Kier molecular flexibility index (Phi) is 7.11. The van der Waals surface area contributed by atoms with Gasteiger partial charge in [-0.1, -0.05) is 30.3 Å². The largest absolute Gasteiger partial charge is 0.350 e. The van der Waals surface area contributed by atoms with E-state index in [2.05, 4.69) is 26.6 Å². The van der Waals surface area contributed by atoms with Gasteiger partial charge in [-0.05, 0) is 39.7 Å². The summed E-state index contributed by atoms with van der Waals surface area (Å²) in [6.45, 7) is -0.185. The highest BCUT2D eigenvalue weighted by Crippen LogP contribution is 2.18. The molecule has 9 heteroatoms. The highest BCUT2D eigenvalue weighted by atomic mass is 79.9. The van der Waals surface area contributed by atoms with Crippen molar-refractivity contribution in [3.63, 3.8) is 0 Å². The molecule has 0 bridgehead atoms. The number of hydrogen-bond donors (Lipinski definition) is 2. The molecule has 0 unspecified atom stereocenters. The van der Waals surface area contributed by atoms with Crippen molar-refractivity contribution in [2.45, 2.75) is 11.4 Å². The van der Waals surface area contributed by atoms with E-state index in [1.165, 1.54) is 20.2 Å². The van der Waals surface area contributed by atoms with Crippen molar-refractivity contribution in [1.82, 2.24) is 14.9 Å². The monoisotopic (exact) mass is 453 g/mol. The summed E-state index contributed by atoms with van der Waals surface area (Å²) in [6, 6.07) is 13.3. The molecule has 0 saturated carbocycles. The first-order chi connectivity index (χ1) is 12.7. The van der Waals surface area contributed by atoms with Gasteiger partial charge in [0.1, 0.15) is 0 Å². The second-order valence-electron chi connectivity index (χ2n) is 5.83. The lowest BCUT2D eigenvalue weighted by atomic mass is 10.2. The van der Waals surface area contributed by atoms with Gasteiger partial charge in [-0.3, -0.25) is 9.59 Å². The van der Waals surface area contributed by atoms with E-state index in [0.717, 1.165) is 4.31 Å². The summed E-state index contributed by atoms with van der Waals surface area (Å²) in [5.41, 5.74) is 0.893. The molecule has 0 saturated heterocycles. The summed E-state index contributed by atoms with van der Waals surface area (Å²) in [5, 5.41) is 5.15. The maximum atomic E-state index is 12.4. The Hall–Kier alpha value is -2.23. The molecule has 0 radical (unpaired) electrons.